The first kappa shape index (κ1) is 32.9. The van der Waals surface area contributed by atoms with Crippen molar-refractivity contribution in [2.45, 2.75) is 70.8 Å². The Morgan fingerprint density at radius 2 is 1.91 bits per heavy atom. The SMILES string of the molecule is Cc1cn(Cc2cc(F)c(C(=O)N[C@@H]3CCN(C4CCOCC4)C[C@@H]3F)cc2Oc2ccc(-c3nnc(C(C)C)s3)cc2)c(=O)cn1. The molecule has 0 radical (unpaired) electrons. The lowest BCUT2D eigenvalue weighted by Gasteiger charge is -2.41. The van der Waals surface area contributed by atoms with Gasteiger partial charge in [-0.2, -0.15) is 0 Å². The van der Waals surface area contributed by atoms with Gasteiger partial charge in [-0.25, -0.2) is 8.78 Å². The second-order valence-corrected chi connectivity index (χ2v) is 13.4. The predicted molar refractivity (Wildman–Crippen MR) is 174 cm³/mol. The van der Waals surface area contributed by atoms with Crippen molar-refractivity contribution in [3.63, 3.8) is 0 Å². The van der Waals surface area contributed by atoms with Crippen LogP contribution in [-0.2, 0) is 11.3 Å². The smallest absolute Gasteiger partial charge is 0.269 e. The van der Waals surface area contributed by atoms with Gasteiger partial charge in [0.2, 0.25) is 0 Å². The van der Waals surface area contributed by atoms with E-state index in [9.17, 15) is 9.59 Å². The number of aryl methyl sites for hydroxylation is 1. The molecule has 2 saturated heterocycles. The molecule has 2 atom stereocenters. The molecular formula is C34H38F2N6O4S. The Labute approximate surface area is 275 Å². The molecule has 0 unspecified atom stereocenters. The number of carbonyl (C=O) groups is 1. The number of halogens is 2. The van der Waals surface area contributed by atoms with Crippen LogP contribution in [0.1, 0.15) is 65.7 Å². The molecule has 2 aromatic heterocycles. The van der Waals surface area contributed by atoms with E-state index >= 15 is 8.78 Å². The Balaban J connectivity index is 1.23. The van der Waals surface area contributed by atoms with Gasteiger partial charge in [-0.1, -0.05) is 25.2 Å². The number of ether oxygens (including phenoxy) is 2. The highest BCUT2D eigenvalue weighted by Gasteiger charge is 2.34. The first-order valence-electron chi connectivity index (χ1n) is 15.9. The monoisotopic (exact) mass is 664 g/mol. The van der Waals surface area contributed by atoms with Crippen LogP contribution >= 0.6 is 11.3 Å². The third-order valence-electron chi connectivity index (χ3n) is 8.60. The minimum Gasteiger partial charge on any atom is -0.457 e. The number of likely N-dealkylation sites (tertiary alicyclic amines) is 1. The van der Waals surface area contributed by atoms with Gasteiger partial charge in [-0.3, -0.25) is 19.5 Å². The summed E-state index contributed by atoms with van der Waals surface area (Å²) in [5, 5.41) is 13.0. The highest BCUT2D eigenvalue weighted by Crippen LogP contribution is 2.33. The standard InChI is InChI=1S/C34H38F2N6O4S/c1-20(2)33-39-40-34(47-33)22-4-6-25(7-5-22)46-30-15-26(27(35)14-23(30)18-42-17-21(3)37-16-31(42)43)32(44)38-29-8-11-41(19-28(29)36)24-9-12-45-13-10-24/h4-7,14-17,20,24,28-29H,8-13,18-19H2,1-3H3,(H,38,44)/t28-,29+/m0/s1. The molecular weight excluding hydrogens is 626 g/mol. The Kier molecular flexibility index (Phi) is 10.0. The van der Waals surface area contributed by atoms with Gasteiger partial charge in [-0.05, 0) is 62.6 Å². The average molecular weight is 665 g/mol. The molecule has 4 aromatic rings. The van der Waals surface area contributed by atoms with Crippen molar-refractivity contribution in [1.82, 2.24) is 30.0 Å². The number of rotatable bonds is 9. The molecule has 0 aliphatic carbocycles. The van der Waals surface area contributed by atoms with Gasteiger partial charge in [0.05, 0.1) is 30.0 Å². The van der Waals surface area contributed by atoms with Crippen LogP contribution in [0.3, 0.4) is 0 Å². The number of amides is 1. The minimum absolute atomic E-state index is 0.0194. The van der Waals surface area contributed by atoms with Crippen molar-refractivity contribution in [3.8, 4) is 22.1 Å². The summed E-state index contributed by atoms with van der Waals surface area (Å²) in [7, 11) is 0. The molecule has 1 amide bonds. The Morgan fingerprint density at radius 3 is 2.62 bits per heavy atom. The molecule has 2 aliphatic heterocycles. The molecule has 2 aromatic carbocycles. The molecule has 47 heavy (non-hydrogen) atoms. The summed E-state index contributed by atoms with van der Waals surface area (Å²) in [5.74, 6) is -0.634. The lowest BCUT2D eigenvalue weighted by Crippen LogP contribution is -2.55. The summed E-state index contributed by atoms with van der Waals surface area (Å²) in [6, 6.07) is 9.23. The highest BCUT2D eigenvalue weighted by molar-refractivity contribution is 7.14. The number of hydrogen-bond acceptors (Lipinski definition) is 9. The first-order valence-corrected chi connectivity index (χ1v) is 16.7. The number of alkyl halides is 1. The lowest BCUT2D eigenvalue weighted by atomic mass is 9.98. The van der Waals surface area contributed by atoms with Gasteiger partial charge in [0.15, 0.2) is 0 Å². The lowest BCUT2D eigenvalue weighted by molar-refractivity contribution is 0.00512. The normalized spacial score (nSPS) is 19.2. The largest absolute Gasteiger partial charge is 0.457 e. The fraction of sp³-hybridized carbons (Fsp3) is 0.441. The molecule has 0 bridgehead atoms. The number of nitrogens with zero attached hydrogens (tertiary/aromatic N) is 5. The van der Waals surface area contributed by atoms with E-state index in [4.69, 9.17) is 9.47 Å². The fourth-order valence-corrected chi connectivity index (χ4v) is 6.79. The molecule has 2 aliphatic rings. The molecule has 0 saturated carbocycles. The summed E-state index contributed by atoms with van der Waals surface area (Å²) >= 11 is 1.52. The zero-order valence-electron chi connectivity index (χ0n) is 26.6. The number of aromatic nitrogens is 4. The molecule has 6 rings (SSSR count). The van der Waals surface area contributed by atoms with E-state index < -0.39 is 23.9 Å². The van der Waals surface area contributed by atoms with Gasteiger partial charge < -0.3 is 19.4 Å². The number of piperidine rings is 1. The van der Waals surface area contributed by atoms with Gasteiger partial charge in [0.1, 0.15) is 33.5 Å². The third-order valence-corrected chi connectivity index (χ3v) is 9.87. The quantitative estimate of drug-likeness (QED) is 0.250. The molecule has 1 N–H and O–H groups in total. The van der Waals surface area contributed by atoms with E-state index in [0.717, 1.165) is 28.4 Å². The fourth-order valence-electron chi connectivity index (χ4n) is 5.94. The number of carbonyl (C=O) groups excluding carboxylic acids is 1. The summed E-state index contributed by atoms with van der Waals surface area (Å²) < 4.78 is 44.0. The van der Waals surface area contributed by atoms with Crippen LogP contribution in [0.15, 0.2) is 53.6 Å². The van der Waals surface area contributed by atoms with Crippen LogP contribution in [0.4, 0.5) is 8.78 Å². The van der Waals surface area contributed by atoms with Gasteiger partial charge in [-0.15, -0.1) is 10.2 Å². The van der Waals surface area contributed by atoms with Crippen molar-refractivity contribution >= 4 is 17.2 Å². The van der Waals surface area contributed by atoms with E-state index in [0.29, 0.717) is 43.2 Å². The second kappa shape index (κ2) is 14.4. The van der Waals surface area contributed by atoms with E-state index in [-0.39, 0.29) is 41.9 Å². The Bertz CT molecular complexity index is 1770. The first-order chi connectivity index (χ1) is 22.6. The average Bonchev–Trinajstić information content (AvgIpc) is 3.57. The minimum atomic E-state index is -1.29. The van der Waals surface area contributed by atoms with Crippen molar-refractivity contribution < 1.29 is 23.0 Å². The summed E-state index contributed by atoms with van der Waals surface area (Å²) in [6.07, 6.45) is 3.61. The maximum absolute atomic E-state index is 15.6. The number of hydrogen-bond donors (Lipinski definition) is 1. The molecule has 0 spiro atoms. The van der Waals surface area contributed by atoms with Crippen LogP contribution in [0, 0.1) is 12.7 Å². The van der Waals surface area contributed by atoms with Gasteiger partial charge >= 0.3 is 0 Å². The molecule has 4 heterocycles. The molecule has 13 heteroatoms. The maximum Gasteiger partial charge on any atom is 0.269 e. The van der Waals surface area contributed by atoms with Crippen LogP contribution in [0.25, 0.3) is 10.6 Å². The van der Waals surface area contributed by atoms with Crippen molar-refractivity contribution in [2.75, 3.05) is 26.3 Å². The molecule has 248 valence electrons. The van der Waals surface area contributed by atoms with Crippen molar-refractivity contribution in [2.24, 2.45) is 0 Å². The van der Waals surface area contributed by atoms with E-state index in [1.165, 1.54) is 34.2 Å². The zero-order chi connectivity index (χ0) is 33.1. The number of nitrogens with one attached hydrogen (secondary N) is 1. The number of benzene rings is 2. The van der Waals surface area contributed by atoms with Crippen LogP contribution in [0.5, 0.6) is 11.5 Å². The Morgan fingerprint density at radius 1 is 1.15 bits per heavy atom. The summed E-state index contributed by atoms with van der Waals surface area (Å²) in [6.45, 7) is 8.02. The van der Waals surface area contributed by atoms with E-state index in [1.807, 2.05) is 12.1 Å². The van der Waals surface area contributed by atoms with Gasteiger partial charge in [0.25, 0.3) is 11.5 Å². The van der Waals surface area contributed by atoms with Gasteiger partial charge in [0, 0.05) is 55.6 Å². The summed E-state index contributed by atoms with van der Waals surface area (Å²) in [4.78, 5) is 32.1. The molecule has 2 fully saturated rings. The second-order valence-electron chi connectivity index (χ2n) is 12.4. The third kappa shape index (κ3) is 7.74. The van der Waals surface area contributed by atoms with Crippen molar-refractivity contribution in [1.29, 1.82) is 0 Å². The maximum atomic E-state index is 15.6. The van der Waals surface area contributed by atoms with E-state index in [2.05, 4.69) is 39.2 Å². The Hall–Kier alpha value is -4.07. The highest BCUT2D eigenvalue weighted by atomic mass is 32.1. The topological polar surface area (TPSA) is 111 Å². The predicted octanol–water partition coefficient (Wildman–Crippen LogP) is 5.49. The van der Waals surface area contributed by atoms with Crippen LogP contribution < -0.4 is 15.6 Å². The van der Waals surface area contributed by atoms with Crippen LogP contribution in [0.2, 0.25) is 0 Å². The zero-order valence-corrected chi connectivity index (χ0v) is 27.4. The van der Waals surface area contributed by atoms with Crippen LogP contribution in [-0.4, -0.2) is 75.1 Å². The van der Waals surface area contributed by atoms with E-state index in [1.54, 1.807) is 25.3 Å². The molecule has 10 nitrogen and oxygen atoms in total. The summed E-state index contributed by atoms with van der Waals surface area (Å²) in [5.41, 5.74) is 1.18. The van der Waals surface area contributed by atoms with Crippen molar-refractivity contribution in [3.05, 3.63) is 86.8 Å².